The van der Waals surface area contributed by atoms with Crippen LogP contribution in [-0.2, 0) is 15.9 Å². The summed E-state index contributed by atoms with van der Waals surface area (Å²) in [6.07, 6.45) is 3.79. The van der Waals surface area contributed by atoms with E-state index in [9.17, 15) is 0 Å². The van der Waals surface area contributed by atoms with Gasteiger partial charge in [-0.15, -0.1) is 0 Å². The Kier molecular flexibility index (Phi) is 2.07. The summed E-state index contributed by atoms with van der Waals surface area (Å²) in [5.41, 5.74) is 0.153. The Morgan fingerprint density at radius 2 is 1.88 bits per heavy atom. The number of hydrogen-bond donors (Lipinski definition) is 0. The molecule has 2 aliphatic heterocycles. The molecule has 3 heterocycles. The van der Waals surface area contributed by atoms with Gasteiger partial charge in [0.05, 0.1) is 23.3 Å². The average Bonchev–Trinajstić information content (AvgIpc) is 2.77. The van der Waals surface area contributed by atoms with Crippen LogP contribution in [0.2, 0.25) is 0 Å². The van der Waals surface area contributed by atoms with Crippen LogP contribution in [0, 0.1) is 0 Å². The van der Waals surface area contributed by atoms with Crippen molar-refractivity contribution in [3.63, 3.8) is 0 Å². The summed E-state index contributed by atoms with van der Waals surface area (Å²) in [5.74, 6) is 0.731. The molecule has 17 heavy (non-hydrogen) atoms. The zero-order valence-electron chi connectivity index (χ0n) is 10.6. The van der Waals surface area contributed by atoms with Crippen molar-refractivity contribution in [2.45, 2.75) is 45.4 Å². The van der Waals surface area contributed by atoms with Crippen LogP contribution in [0.25, 0.3) is 0 Å². The van der Waals surface area contributed by atoms with Gasteiger partial charge < -0.3 is 13.9 Å². The first-order chi connectivity index (χ1) is 7.89. The molecule has 5 nitrogen and oxygen atoms in total. The molecule has 1 saturated heterocycles. The fourth-order valence-corrected chi connectivity index (χ4v) is 1.95. The van der Waals surface area contributed by atoms with Crippen molar-refractivity contribution in [2.24, 2.45) is 4.99 Å². The molecule has 0 unspecified atom stereocenters. The zero-order valence-corrected chi connectivity index (χ0v) is 10.6. The number of rotatable bonds is 1. The molecule has 0 atom stereocenters. The lowest BCUT2D eigenvalue weighted by Crippen LogP contribution is -2.41. The van der Waals surface area contributed by atoms with E-state index < -0.39 is 7.12 Å². The second-order valence-electron chi connectivity index (χ2n) is 5.52. The molecule has 0 saturated carbocycles. The van der Waals surface area contributed by atoms with Crippen LogP contribution in [-0.4, -0.2) is 34.1 Å². The van der Waals surface area contributed by atoms with Gasteiger partial charge in [-0.3, -0.25) is 0 Å². The van der Waals surface area contributed by atoms with Gasteiger partial charge in [0.1, 0.15) is 0 Å². The second kappa shape index (κ2) is 3.20. The average molecular weight is 233 g/mol. The largest absolute Gasteiger partial charge is 0.516 e. The van der Waals surface area contributed by atoms with Gasteiger partial charge in [-0.05, 0) is 27.7 Å². The molecule has 0 radical (unpaired) electrons. The normalized spacial score (nSPS) is 24.4. The van der Waals surface area contributed by atoms with Gasteiger partial charge in [-0.2, -0.15) is 0 Å². The summed E-state index contributed by atoms with van der Waals surface area (Å²) < 4.78 is 13.9. The zero-order chi connectivity index (χ0) is 12.3. The molecule has 0 spiro atoms. The lowest BCUT2D eigenvalue weighted by atomic mass is 9.86. The van der Waals surface area contributed by atoms with Crippen molar-refractivity contribution in [1.29, 1.82) is 0 Å². The number of imidazole rings is 1. The minimum Gasteiger partial charge on any atom is -0.398 e. The van der Waals surface area contributed by atoms with Crippen LogP contribution < -0.4 is 5.59 Å². The molecule has 0 bridgehead atoms. The fraction of sp³-hybridized carbons (Fsp3) is 0.636. The maximum Gasteiger partial charge on any atom is 0.516 e. The monoisotopic (exact) mass is 233 g/mol. The maximum absolute atomic E-state index is 5.94. The van der Waals surface area contributed by atoms with Gasteiger partial charge in [0, 0.05) is 12.4 Å². The van der Waals surface area contributed by atoms with Crippen LogP contribution in [0.3, 0.4) is 0 Å². The SMILES string of the molecule is CC1(C)OB(c2cn3c(n2)N=CC3)OC1(C)C. The highest BCUT2D eigenvalue weighted by Gasteiger charge is 2.52. The molecule has 6 heteroatoms. The Bertz CT molecular complexity index is 477. The molecular weight excluding hydrogens is 217 g/mol. The molecule has 1 fully saturated rings. The van der Waals surface area contributed by atoms with Crippen molar-refractivity contribution in [3.05, 3.63) is 6.20 Å². The van der Waals surface area contributed by atoms with Gasteiger partial charge in [0.2, 0.25) is 5.95 Å². The molecule has 0 aromatic carbocycles. The van der Waals surface area contributed by atoms with E-state index >= 15 is 0 Å². The summed E-state index contributed by atoms with van der Waals surface area (Å²) in [5, 5.41) is 0. The third-order valence-electron chi connectivity index (χ3n) is 3.75. The van der Waals surface area contributed by atoms with E-state index in [0.717, 1.165) is 18.1 Å². The fourth-order valence-electron chi connectivity index (χ4n) is 1.95. The minimum atomic E-state index is -0.395. The molecule has 0 aliphatic carbocycles. The first-order valence-corrected chi connectivity index (χ1v) is 5.84. The Balaban J connectivity index is 1.89. The van der Waals surface area contributed by atoms with Crippen LogP contribution in [0.5, 0.6) is 0 Å². The maximum atomic E-state index is 5.94. The van der Waals surface area contributed by atoms with Crippen LogP contribution in [0.4, 0.5) is 5.95 Å². The van der Waals surface area contributed by atoms with E-state index in [-0.39, 0.29) is 11.2 Å². The molecular formula is C11H16BN3O2. The highest BCUT2D eigenvalue weighted by atomic mass is 16.7. The predicted octanol–water partition coefficient (Wildman–Crippen LogP) is 0.898. The van der Waals surface area contributed by atoms with Gasteiger partial charge >= 0.3 is 7.12 Å². The quantitative estimate of drug-likeness (QED) is 0.677. The van der Waals surface area contributed by atoms with Gasteiger partial charge in [-0.25, -0.2) is 9.98 Å². The van der Waals surface area contributed by atoms with Crippen molar-refractivity contribution in [2.75, 3.05) is 0 Å². The standard InChI is InChI=1S/C11H16BN3O2/c1-10(2)11(3,4)17-12(16-10)8-7-15-6-5-13-9(15)14-8/h5,7H,6H2,1-4H3. The van der Waals surface area contributed by atoms with Gasteiger partial charge in [0.15, 0.2) is 0 Å². The van der Waals surface area contributed by atoms with Gasteiger partial charge in [0.25, 0.3) is 0 Å². The first kappa shape index (κ1) is 11.0. The molecule has 0 N–H and O–H groups in total. The highest BCUT2D eigenvalue weighted by molar-refractivity contribution is 6.61. The summed E-state index contributed by atoms with van der Waals surface area (Å²) in [6, 6.07) is 0. The Morgan fingerprint density at radius 3 is 2.47 bits per heavy atom. The van der Waals surface area contributed by atoms with E-state index in [0.29, 0.717) is 0 Å². The smallest absolute Gasteiger partial charge is 0.398 e. The molecule has 0 amide bonds. The summed E-state index contributed by atoms with van der Waals surface area (Å²) in [7, 11) is -0.395. The van der Waals surface area contributed by atoms with Crippen LogP contribution in [0.1, 0.15) is 27.7 Å². The number of nitrogens with zero attached hydrogens (tertiary/aromatic N) is 3. The Morgan fingerprint density at radius 1 is 1.24 bits per heavy atom. The van der Waals surface area contributed by atoms with Crippen LogP contribution >= 0.6 is 0 Å². The molecule has 2 aliphatic rings. The third-order valence-corrected chi connectivity index (χ3v) is 3.75. The first-order valence-electron chi connectivity index (χ1n) is 5.84. The molecule has 1 aromatic heterocycles. The third kappa shape index (κ3) is 1.55. The minimum absolute atomic E-state index is 0.324. The number of aliphatic imine (C=N–C) groups is 1. The highest BCUT2D eigenvalue weighted by Crippen LogP contribution is 2.36. The second-order valence-corrected chi connectivity index (χ2v) is 5.52. The summed E-state index contributed by atoms with van der Waals surface area (Å²) in [6.45, 7) is 8.93. The topological polar surface area (TPSA) is 48.6 Å². The van der Waals surface area contributed by atoms with Gasteiger partial charge in [-0.1, -0.05) is 0 Å². The number of aromatic nitrogens is 2. The summed E-state index contributed by atoms with van der Waals surface area (Å²) in [4.78, 5) is 8.60. The lowest BCUT2D eigenvalue weighted by Gasteiger charge is -2.32. The predicted molar refractivity (Wildman–Crippen MR) is 66.1 cm³/mol. The van der Waals surface area contributed by atoms with Crippen molar-refractivity contribution >= 4 is 24.9 Å². The number of hydrogen-bond acceptors (Lipinski definition) is 4. The van der Waals surface area contributed by atoms with E-state index in [1.807, 2.05) is 44.7 Å². The van der Waals surface area contributed by atoms with Crippen molar-refractivity contribution < 1.29 is 9.31 Å². The van der Waals surface area contributed by atoms with Crippen molar-refractivity contribution in [3.8, 4) is 0 Å². The molecule has 1 aromatic rings. The summed E-state index contributed by atoms with van der Waals surface area (Å²) >= 11 is 0. The Labute approximate surface area is 101 Å². The van der Waals surface area contributed by atoms with E-state index in [4.69, 9.17) is 9.31 Å². The van der Waals surface area contributed by atoms with E-state index in [1.165, 1.54) is 0 Å². The number of fused-ring (bicyclic) bond motifs is 1. The lowest BCUT2D eigenvalue weighted by molar-refractivity contribution is 0.00578. The van der Waals surface area contributed by atoms with E-state index in [2.05, 4.69) is 9.98 Å². The van der Waals surface area contributed by atoms with Crippen LogP contribution in [0.15, 0.2) is 11.2 Å². The molecule has 90 valence electrons. The van der Waals surface area contributed by atoms with E-state index in [1.54, 1.807) is 0 Å². The van der Waals surface area contributed by atoms with Crippen molar-refractivity contribution in [1.82, 2.24) is 9.55 Å². The molecule has 3 rings (SSSR count). The Hall–Kier alpha value is -1.14.